The third-order valence-corrected chi connectivity index (χ3v) is 4.95. The number of hydrogen-bond acceptors (Lipinski definition) is 0. The summed E-state index contributed by atoms with van der Waals surface area (Å²) >= 11 is 6.48. The lowest BCUT2D eigenvalue weighted by Gasteiger charge is -2.22. The van der Waals surface area contributed by atoms with Crippen LogP contribution in [0.3, 0.4) is 0 Å². The highest BCUT2D eigenvalue weighted by Gasteiger charge is 2.16. The molecule has 0 N–H and O–H groups in total. The average Bonchev–Trinajstić information content (AvgIpc) is 2.55. The fourth-order valence-corrected chi connectivity index (χ4v) is 3.51. The Morgan fingerprint density at radius 1 is 0.905 bits per heavy atom. The Hall–Kier alpha value is -1.34. The van der Waals surface area contributed by atoms with Gasteiger partial charge in [-0.2, -0.15) is 0 Å². The second-order valence-corrected chi connectivity index (χ2v) is 6.36. The molecule has 2 aromatic carbocycles. The van der Waals surface area contributed by atoms with Gasteiger partial charge in [0.05, 0.1) is 5.38 Å². The maximum Gasteiger partial charge on any atom is 0.123 e. The van der Waals surface area contributed by atoms with E-state index in [1.165, 1.54) is 49.8 Å². The van der Waals surface area contributed by atoms with Crippen LogP contribution in [0.5, 0.6) is 0 Å². The summed E-state index contributed by atoms with van der Waals surface area (Å²) in [6.45, 7) is 0. The summed E-state index contributed by atoms with van der Waals surface area (Å²) < 4.78 is 13.3. The van der Waals surface area contributed by atoms with Crippen LogP contribution in [0.1, 0.15) is 60.1 Å². The summed E-state index contributed by atoms with van der Waals surface area (Å²) in [6, 6.07) is 15.1. The molecule has 1 saturated carbocycles. The van der Waals surface area contributed by atoms with Gasteiger partial charge in [-0.1, -0.05) is 55.7 Å². The molecule has 110 valence electrons. The molecule has 0 aliphatic heterocycles. The molecule has 0 bridgehead atoms. The standard InChI is InChI=1S/C19H20ClF/c20-19(17-7-4-8-18(21)13-17)16-11-9-15(10-12-16)14-5-2-1-3-6-14/h4,7-14,19H,1-3,5-6H2. The van der Waals surface area contributed by atoms with Crippen LogP contribution in [0.2, 0.25) is 0 Å². The van der Waals surface area contributed by atoms with E-state index in [0.717, 1.165) is 11.1 Å². The summed E-state index contributed by atoms with van der Waals surface area (Å²) in [6.07, 6.45) is 6.65. The van der Waals surface area contributed by atoms with Gasteiger partial charge in [0.1, 0.15) is 5.82 Å². The van der Waals surface area contributed by atoms with Gasteiger partial charge in [0, 0.05) is 0 Å². The first-order valence-corrected chi connectivity index (χ1v) is 8.17. The Balaban J connectivity index is 1.77. The van der Waals surface area contributed by atoms with Crippen molar-refractivity contribution in [1.29, 1.82) is 0 Å². The van der Waals surface area contributed by atoms with Crippen molar-refractivity contribution < 1.29 is 4.39 Å². The zero-order valence-electron chi connectivity index (χ0n) is 12.1. The largest absolute Gasteiger partial charge is 0.207 e. The molecule has 0 radical (unpaired) electrons. The predicted molar refractivity (Wildman–Crippen MR) is 86.4 cm³/mol. The lowest BCUT2D eigenvalue weighted by molar-refractivity contribution is 0.443. The number of hydrogen-bond donors (Lipinski definition) is 0. The molecular formula is C19H20ClF. The van der Waals surface area contributed by atoms with Crippen molar-refractivity contribution in [2.45, 2.75) is 43.4 Å². The van der Waals surface area contributed by atoms with Crippen LogP contribution in [0, 0.1) is 5.82 Å². The highest BCUT2D eigenvalue weighted by molar-refractivity contribution is 6.22. The van der Waals surface area contributed by atoms with Crippen molar-refractivity contribution in [3.8, 4) is 0 Å². The van der Waals surface area contributed by atoms with E-state index in [9.17, 15) is 4.39 Å². The summed E-state index contributed by atoms with van der Waals surface area (Å²) in [7, 11) is 0. The lowest BCUT2D eigenvalue weighted by Crippen LogP contribution is -2.04. The van der Waals surface area contributed by atoms with Gasteiger partial charge < -0.3 is 0 Å². The van der Waals surface area contributed by atoms with Gasteiger partial charge in [0.2, 0.25) is 0 Å². The molecule has 1 aliphatic rings. The molecule has 0 heterocycles. The van der Waals surface area contributed by atoms with E-state index in [1.54, 1.807) is 6.07 Å². The first-order chi connectivity index (χ1) is 10.2. The molecule has 1 atom stereocenters. The Kier molecular flexibility index (Phi) is 4.60. The van der Waals surface area contributed by atoms with Crippen LogP contribution in [-0.4, -0.2) is 0 Å². The van der Waals surface area contributed by atoms with Crippen molar-refractivity contribution in [2.75, 3.05) is 0 Å². The highest BCUT2D eigenvalue weighted by Crippen LogP contribution is 2.34. The minimum absolute atomic E-state index is 0.239. The van der Waals surface area contributed by atoms with E-state index in [2.05, 4.69) is 24.3 Å². The third-order valence-electron chi connectivity index (χ3n) is 4.45. The van der Waals surface area contributed by atoms with Gasteiger partial charge in [0.25, 0.3) is 0 Å². The van der Waals surface area contributed by atoms with Crippen LogP contribution in [0.4, 0.5) is 4.39 Å². The van der Waals surface area contributed by atoms with Crippen molar-refractivity contribution in [1.82, 2.24) is 0 Å². The highest BCUT2D eigenvalue weighted by atomic mass is 35.5. The average molecular weight is 303 g/mol. The fourth-order valence-electron chi connectivity index (χ4n) is 3.23. The van der Waals surface area contributed by atoms with Crippen LogP contribution >= 0.6 is 11.6 Å². The van der Waals surface area contributed by atoms with E-state index in [1.807, 2.05) is 6.07 Å². The molecule has 21 heavy (non-hydrogen) atoms. The molecule has 1 unspecified atom stereocenters. The Morgan fingerprint density at radius 3 is 2.29 bits per heavy atom. The molecule has 0 amide bonds. The third kappa shape index (κ3) is 3.47. The van der Waals surface area contributed by atoms with Crippen molar-refractivity contribution >= 4 is 11.6 Å². The van der Waals surface area contributed by atoms with E-state index >= 15 is 0 Å². The van der Waals surface area contributed by atoms with E-state index < -0.39 is 0 Å². The van der Waals surface area contributed by atoms with Crippen LogP contribution < -0.4 is 0 Å². The van der Waals surface area contributed by atoms with E-state index in [4.69, 9.17) is 11.6 Å². The number of alkyl halides is 1. The smallest absolute Gasteiger partial charge is 0.123 e. The molecular weight excluding hydrogens is 283 g/mol. The summed E-state index contributed by atoms with van der Waals surface area (Å²) in [5, 5.41) is -0.291. The Bertz CT molecular complexity index is 585. The monoisotopic (exact) mass is 302 g/mol. The van der Waals surface area contributed by atoms with Crippen molar-refractivity contribution in [2.24, 2.45) is 0 Å². The topological polar surface area (TPSA) is 0 Å². The van der Waals surface area contributed by atoms with Gasteiger partial charge in [0.15, 0.2) is 0 Å². The van der Waals surface area contributed by atoms with Crippen LogP contribution in [0.15, 0.2) is 48.5 Å². The molecule has 1 aliphatic carbocycles. The molecule has 1 fully saturated rings. The predicted octanol–water partition coefficient (Wildman–Crippen LogP) is 6.20. The first kappa shape index (κ1) is 14.6. The lowest BCUT2D eigenvalue weighted by atomic mass is 9.84. The number of halogens is 2. The fraction of sp³-hybridized carbons (Fsp3) is 0.368. The quantitative estimate of drug-likeness (QED) is 0.592. The van der Waals surface area contributed by atoms with Crippen molar-refractivity contribution in [3.05, 3.63) is 71.0 Å². The molecule has 2 heteroatoms. The van der Waals surface area contributed by atoms with Crippen molar-refractivity contribution in [3.63, 3.8) is 0 Å². The zero-order chi connectivity index (χ0) is 14.7. The molecule has 0 spiro atoms. The second-order valence-electron chi connectivity index (χ2n) is 5.92. The summed E-state index contributed by atoms with van der Waals surface area (Å²) in [4.78, 5) is 0. The minimum atomic E-state index is -0.291. The molecule has 0 aromatic heterocycles. The summed E-state index contributed by atoms with van der Waals surface area (Å²) in [5.41, 5.74) is 3.26. The van der Waals surface area contributed by atoms with Crippen LogP contribution in [-0.2, 0) is 0 Å². The van der Waals surface area contributed by atoms with Gasteiger partial charge >= 0.3 is 0 Å². The molecule has 0 nitrogen and oxygen atoms in total. The number of rotatable bonds is 3. The zero-order valence-corrected chi connectivity index (χ0v) is 12.8. The first-order valence-electron chi connectivity index (χ1n) is 7.73. The van der Waals surface area contributed by atoms with Gasteiger partial charge in [-0.25, -0.2) is 4.39 Å². The normalized spacial score (nSPS) is 17.6. The van der Waals surface area contributed by atoms with Gasteiger partial charge in [-0.3, -0.25) is 0 Å². The second kappa shape index (κ2) is 6.62. The van der Waals surface area contributed by atoms with E-state index in [-0.39, 0.29) is 11.2 Å². The maximum atomic E-state index is 13.3. The molecule has 2 aromatic rings. The van der Waals surface area contributed by atoms with Gasteiger partial charge in [-0.15, -0.1) is 11.6 Å². The molecule has 0 saturated heterocycles. The van der Waals surface area contributed by atoms with Crippen LogP contribution in [0.25, 0.3) is 0 Å². The summed E-state index contributed by atoms with van der Waals surface area (Å²) in [5.74, 6) is 0.465. The van der Waals surface area contributed by atoms with Gasteiger partial charge in [-0.05, 0) is 47.6 Å². The Labute approximate surface area is 131 Å². The molecule has 3 rings (SSSR count). The van der Waals surface area contributed by atoms with E-state index in [0.29, 0.717) is 5.92 Å². The Morgan fingerprint density at radius 2 is 1.62 bits per heavy atom. The maximum absolute atomic E-state index is 13.3. The SMILES string of the molecule is Fc1cccc(C(Cl)c2ccc(C3CCCCC3)cc2)c1. The minimum Gasteiger partial charge on any atom is -0.207 e. The number of benzene rings is 2.